The molecule has 1 amide bonds. The highest BCUT2D eigenvalue weighted by Gasteiger charge is 2.28. The number of likely N-dealkylation sites (tertiary alicyclic amines) is 1. The highest BCUT2D eigenvalue weighted by Crippen LogP contribution is 2.32. The summed E-state index contributed by atoms with van der Waals surface area (Å²) in [6.45, 7) is 3.90. The fourth-order valence-electron chi connectivity index (χ4n) is 2.68. The van der Waals surface area contributed by atoms with E-state index in [1.54, 1.807) is 0 Å². The van der Waals surface area contributed by atoms with Gasteiger partial charge in [-0.15, -0.1) is 0 Å². The van der Waals surface area contributed by atoms with Gasteiger partial charge in [-0.2, -0.15) is 0 Å². The Morgan fingerprint density at radius 3 is 3.00 bits per heavy atom. The van der Waals surface area contributed by atoms with Crippen LogP contribution in [0.15, 0.2) is 0 Å². The molecule has 1 unspecified atom stereocenters. The van der Waals surface area contributed by atoms with Crippen molar-refractivity contribution in [3.63, 3.8) is 0 Å². The zero-order valence-electron chi connectivity index (χ0n) is 11.9. The number of amides is 1. The van der Waals surface area contributed by atoms with Gasteiger partial charge in [0.05, 0.1) is 0 Å². The van der Waals surface area contributed by atoms with Crippen LogP contribution >= 0.6 is 11.3 Å². The Bertz CT molecular complexity index is 497. The highest BCUT2D eigenvalue weighted by molar-refractivity contribution is 7.18. The SMILES string of the molecule is CCC1CCCN(C(=O)c2sc(NC3CC3)nc2N)C1. The van der Waals surface area contributed by atoms with Crippen molar-refractivity contribution in [3.05, 3.63) is 4.88 Å². The topological polar surface area (TPSA) is 71.2 Å². The van der Waals surface area contributed by atoms with Crippen LogP contribution < -0.4 is 11.1 Å². The monoisotopic (exact) mass is 294 g/mol. The van der Waals surface area contributed by atoms with Crippen LogP contribution in [0.5, 0.6) is 0 Å². The zero-order chi connectivity index (χ0) is 14.1. The molecule has 2 fully saturated rings. The standard InChI is InChI=1S/C14H22N4OS/c1-2-9-4-3-7-18(8-9)13(19)11-12(15)17-14(20-11)16-10-5-6-10/h9-10H,2-8,15H2,1H3,(H,16,17). The van der Waals surface area contributed by atoms with Crippen LogP contribution in [0.4, 0.5) is 10.9 Å². The van der Waals surface area contributed by atoms with E-state index in [1.165, 1.54) is 30.6 Å². The van der Waals surface area contributed by atoms with E-state index >= 15 is 0 Å². The van der Waals surface area contributed by atoms with Crippen molar-refractivity contribution in [1.29, 1.82) is 0 Å². The van der Waals surface area contributed by atoms with Crippen molar-refractivity contribution in [2.75, 3.05) is 24.1 Å². The van der Waals surface area contributed by atoms with Crippen LogP contribution in [0.3, 0.4) is 0 Å². The zero-order valence-corrected chi connectivity index (χ0v) is 12.7. The lowest BCUT2D eigenvalue weighted by Gasteiger charge is -2.32. The van der Waals surface area contributed by atoms with Crippen LogP contribution in [-0.4, -0.2) is 34.9 Å². The number of nitrogens with zero attached hydrogens (tertiary/aromatic N) is 2. The molecular weight excluding hydrogens is 272 g/mol. The molecule has 1 aromatic rings. The molecule has 0 aromatic carbocycles. The molecule has 110 valence electrons. The Kier molecular flexibility index (Phi) is 3.83. The average Bonchev–Trinajstić information content (AvgIpc) is 3.20. The third kappa shape index (κ3) is 2.90. The Morgan fingerprint density at radius 2 is 2.30 bits per heavy atom. The van der Waals surface area contributed by atoms with E-state index < -0.39 is 0 Å². The molecule has 1 aliphatic heterocycles. The second-order valence-corrected chi connectivity index (χ2v) is 6.82. The Hall–Kier alpha value is -1.30. The first-order valence-corrected chi connectivity index (χ1v) is 8.31. The fourth-order valence-corrected chi connectivity index (χ4v) is 3.61. The lowest BCUT2D eigenvalue weighted by atomic mass is 9.95. The number of thiazole rings is 1. The van der Waals surface area contributed by atoms with Crippen molar-refractivity contribution in [2.45, 2.75) is 45.1 Å². The van der Waals surface area contributed by atoms with Gasteiger partial charge in [0.2, 0.25) is 0 Å². The average molecular weight is 294 g/mol. The summed E-state index contributed by atoms with van der Waals surface area (Å²) in [5.41, 5.74) is 5.92. The summed E-state index contributed by atoms with van der Waals surface area (Å²) in [6, 6.07) is 0.531. The Morgan fingerprint density at radius 1 is 1.50 bits per heavy atom. The molecule has 5 nitrogen and oxygen atoms in total. The summed E-state index contributed by atoms with van der Waals surface area (Å²) in [5.74, 6) is 1.06. The highest BCUT2D eigenvalue weighted by atomic mass is 32.1. The molecule has 0 spiro atoms. The summed E-state index contributed by atoms with van der Waals surface area (Å²) in [4.78, 5) is 19.4. The third-order valence-electron chi connectivity index (χ3n) is 4.14. The lowest BCUT2D eigenvalue weighted by molar-refractivity contribution is 0.0677. The molecule has 1 aliphatic carbocycles. The number of aromatic nitrogens is 1. The van der Waals surface area contributed by atoms with Crippen molar-refractivity contribution < 1.29 is 4.79 Å². The molecule has 3 N–H and O–H groups in total. The van der Waals surface area contributed by atoms with E-state index in [9.17, 15) is 4.79 Å². The number of piperidine rings is 1. The van der Waals surface area contributed by atoms with Crippen LogP contribution in [0.25, 0.3) is 0 Å². The van der Waals surface area contributed by atoms with Crippen LogP contribution in [0, 0.1) is 5.92 Å². The van der Waals surface area contributed by atoms with Crippen LogP contribution in [-0.2, 0) is 0 Å². The number of rotatable bonds is 4. The van der Waals surface area contributed by atoms with Gasteiger partial charge < -0.3 is 16.0 Å². The number of nitrogens with one attached hydrogen (secondary N) is 1. The van der Waals surface area contributed by atoms with Gasteiger partial charge in [0.15, 0.2) is 5.13 Å². The molecule has 0 radical (unpaired) electrons. The van der Waals surface area contributed by atoms with E-state index in [1.807, 2.05) is 4.90 Å². The number of hydrogen-bond acceptors (Lipinski definition) is 5. The number of nitrogens with two attached hydrogens (primary N) is 1. The molecule has 0 bridgehead atoms. The number of carbonyl (C=O) groups is 1. The van der Waals surface area contributed by atoms with Crippen molar-refractivity contribution in [2.24, 2.45) is 5.92 Å². The van der Waals surface area contributed by atoms with Gasteiger partial charge in [-0.1, -0.05) is 24.7 Å². The minimum atomic E-state index is 0.0574. The summed E-state index contributed by atoms with van der Waals surface area (Å²) in [6.07, 6.45) is 5.83. The largest absolute Gasteiger partial charge is 0.382 e. The van der Waals surface area contributed by atoms with Gasteiger partial charge in [-0.05, 0) is 31.6 Å². The maximum atomic E-state index is 12.6. The number of carbonyl (C=O) groups excluding carboxylic acids is 1. The minimum Gasteiger partial charge on any atom is -0.382 e. The fraction of sp³-hybridized carbons (Fsp3) is 0.714. The summed E-state index contributed by atoms with van der Waals surface area (Å²) >= 11 is 1.40. The molecule has 1 aromatic heterocycles. The number of hydrogen-bond donors (Lipinski definition) is 2. The summed E-state index contributed by atoms with van der Waals surface area (Å²) < 4.78 is 0. The van der Waals surface area contributed by atoms with E-state index in [-0.39, 0.29) is 5.91 Å². The van der Waals surface area contributed by atoms with Gasteiger partial charge in [0.25, 0.3) is 5.91 Å². The predicted octanol–water partition coefficient (Wildman–Crippen LogP) is 2.56. The van der Waals surface area contributed by atoms with Gasteiger partial charge in [-0.3, -0.25) is 4.79 Å². The molecule has 6 heteroatoms. The van der Waals surface area contributed by atoms with Gasteiger partial charge in [0.1, 0.15) is 10.7 Å². The predicted molar refractivity (Wildman–Crippen MR) is 82.1 cm³/mol. The maximum absolute atomic E-state index is 12.6. The summed E-state index contributed by atoms with van der Waals surface area (Å²) in [5, 5.41) is 4.10. The molecule has 1 saturated carbocycles. The molecule has 2 aliphatic rings. The van der Waals surface area contributed by atoms with E-state index in [0.717, 1.165) is 31.1 Å². The lowest BCUT2D eigenvalue weighted by Crippen LogP contribution is -2.39. The second-order valence-electron chi connectivity index (χ2n) is 5.82. The molecule has 1 saturated heterocycles. The first-order valence-electron chi connectivity index (χ1n) is 7.49. The number of anilines is 2. The first-order chi connectivity index (χ1) is 9.67. The van der Waals surface area contributed by atoms with Crippen molar-refractivity contribution in [3.8, 4) is 0 Å². The van der Waals surface area contributed by atoms with E-state index in [2.05, 4.69) is 17.2 Å². The third-order valence-corrected chi connectivity index (χ3v) is 5.13. The van der Waals surface area contributed by atoms with E-state index in [4.69, 9.17) is 5.73 Å². The molecule has 1 atom stereocenters. The maximum Gasteiger partial charge on any atom is 0.267 e. The Balaban J connectivity index is 1.70. The van der Waals surface area contributed by atoms with Gasteiger partial charge >= 0.3 is 0 Å². The molecular formula is C14H22N4OS. The smallest absolute Gasteiger partial charge is 0.267 e. The second kappa shape index (κ2) is 5.60. The summed E-state index contributed by atoms with van der Waals surface area (Å²) in [7, 11) is 0. The first kappa shape index (κ1) is 13.7. The van der Waals surface area contributed by atoms with Crippen molar-refractivity contribution >= 4 is 28.2 Å². The Labute approximate surface area is 123 Å². The van der Waals surface area contributed by atoms with Crippen LogP contribution in [0.2, 0.25) is 0 Å². The molecule has 2 heterocycles. The normalized spacial score (nSPS) is 22.9. The van der Waals surface area contributed by atoms with Crippen molar-refractivity contribution in [1.82, 2.24) is 9.88 Å². The number of nitrogen functional groups attached to an aromatic ring is 1. The minimum absolute atomic E-state index is 0.0574. The quantitative estimate of drug-likeness (QED) is 0.895. The van der Waals surface area contributed by atoms with Crippen LogP contribution in [0.1, 0.15) is 48.7 Å². The van der Waals surface area contributed by atoms with E-state index in [0.29, 0.717) is 22.7 Å². The molecule has 3 rings (SSSR count). The van der Waals surface area contributed by atoms with Gasteiger partial charge in [-0.25, -0.2) is 4.98 Å². The molecule has 20 heavy (non-hydrogen) atoms. The van der Waals surface area contributed by atoms with Gasteiger partial charge in [0, 0.05) is 19.1 Å².